The van der Waals surface area contributed by atoms with E-state index in [2.05, 4.69) is 15.0 Å². The lowest BCUT2D eigenvalue weighted by molar-refractivity contribution is -0.384. The Morgan fingerprint density at radius 1 is 1.07 bits per heavy atom. The largest absolute Gasteiger partial charge is 0.370 e. The summed E-state index contributed by atoms with van der Waals surface area (Å²) < 4.78 is 14.5. The zero-order valence-corrected chi connectivity index (χ0v) is 16.0. The second kappa shape index (κ2) is 8.27. The Hall–Kier alpha value is -3.82. The fourth-order valence-electron chi connectivity index (χ4n) is 3.54. The number of anilines is 1. The summed E-state index contributed by atoms with van der Waals surface area (Å²) in [5.41, 5.74) is 1.18. The number of nitro benzene ring substituents is 1. The van der Waals surface area contributed by atoms with E-state index < -0.39 is 4.92 Å². The monoisotopic (exact) mass is 410 g/mol. The van der Waals surface area contributed by atoms with Gasteiger partial charge in [-0.2, -0.15) is 5.10 Å². The Kier molecular flexibility index (Phi) is 5.38. The summed E-state index contributed by atoms with van der Waals surface area (Å²) in [6.07, 6.45) is 3.39. The van der Waals surface area contributed by atoms with E-state index in [4.69, 9.17) is 0 Å². The number of amides is 1. The summed E-state index contributed by atoms with van der Waals surface area (Å²) >= 11 is 0. The highest BCUT2D eigenvalue weighted by atomic mass is 19.1. The fourth-order valence-corrected chi connectivity index (χ4v) is 3.54. The highest BCUT2D eigenvalue weighted by Gasteiger charge is 2.24. The molecule has 0 saturated carbocycles. The van der Waals surface area contributed by atoms with Gasteiger partial charge in [0.25, 0.3) is 11.6 Å². The first kappa shape index (κ1) is 19.5. The number of aromatic nitrogens is 3. The number of hydrogen-bond acceptors (Lipinski definition) is 6. The van der Waals surface area contributed by atoms with Crippen molar-refractivity contribution in [3.05, 3.63) is 76.6 Å². The topological polar surface area (TPSA) is 97.4 Å². The summed E-state index contributed by atoms with van der Waals surface area (Å²) in [6.45, 7) is 2.33. The van der Waals surface area contributed by atoms with E-state index in [1.54, 1.807) is 23.1 Å². The number of halogens is 1. The van der Waals surface area contributed by atoms with Gasteiger partial charge in [0.2, 0.25) is 0 Å². The molecule has 0 bridgehead atoms. The first-order chi connectivity index (χ1) is 14.5. The quantitative estimate of drug-likeness (QED) is 0.485. The molecule has 10 heteroatoms. The van der Waals surface area contributed by atoms with Crippen LogP contribution < -0.4 is 4.90 Å². The minimum absolute atomic E-state index is 0.214. The molecule has 1 aliphatic rings. The van der Waals surface area contributed by atoms with E-state index in [0.29, 0.717) is 19.6 Å². The van der Waals surface area contributed by atoms with Crippen molar-refractivity contribution in [1.82, 2.24) is 19.7 Å². The van der Waals surface area contributed by atoms with Crippen molar-refractivity contribution in [3.8, 4) is 5.69 Å². The number of carbonyl (C=O) groups excluding carboxylic acids is 1. The number of rotatable bonds is 4. The van der Waals surface area contributed by atoms with Gasteiger partial charge < -0.3 is 9.80 Å². The summed E-state index contributed by atoms with van der Waals surface area (Å²) in [6, 6.07) is 10.6. The van der Waals surface area contributed by atoms with Crippen molar-refractivity contribution < 1.29 is 14.1 Å². The number of hydrogen-bond donors (Lipinski definition) is 0. The number of carbonyl (C=O) groups is 1. The number of nitrogens with zero attached hydrogens (tertiary/aromatic N) is 6. The van der Waals surface area contributed by atoms with E-state index in [0.717, 1.165) is 18.7 Å². The van der Waals surface area contributed by atoms with Gasteiger partial charge in [0.1, 0.15) is 24.2 Å². The molecule has 9 nitrogen and oxygen atoms in total. The fraction of sp³-hybridized carbons (Fsp3) is 0.250. The Bertz CT molecular complexity index is 1050. The predicted octanol–water partition coefficient (Wildman–Crippen LogP) is 2.67. The van der Waals surface area contributed by atoms with Crippen LogP contribution in [0.5, 0.6) is 0 Å². The van der Waals surface area contributed by atoms with Gasteiger partial charge in [-0.25, -0.2) is 14.1 Å². The second-order valence-electron chi connectivity index (χ2n) is 6.91. The van der Waals surface area contributed by atoms with Gasteiger partial charge in [-0.15, -0.1) is 0 Å². The maximum Gasteiger partial charge on any atom is 0.295 e. The average molecular weight is 410 g/mol. The average Bonchev–Trinajstić information content (AvgIpc) is 3.18. The molecule has 3 aromatic rings. The zero-order valence-electron chi connectivity index (χ0n) is 16.0. The van der Waals surface area contributed by atoms with Gasteiger partial charge in [-0.1, -0.05) is 0 Å². The summed E-state index contributed by atoms with van der Waals surface area (Å²) in [5.74, 6) is -0.550. The standard InChI is InChI=1S/C20H19FN6O3/c21-16-3-5-17(6-4-16)24-8-1-9-25(11-10-24)20(28)15-2-7-18(19(12-15)27(29)30)26-14-22-13-23-26/h2-7,12-14H,1,8-11H2. The van der Waals surface area contributed by atoms with Gasteiger partial charge in [0, 0.05) is 43.5 Å². The molecule has 2 aromatic carbocycles. The van der Waals surface area contributed by atoms with Crippen molar-refractivity contribution in [2.24, 2.45) is 0 Å². The van der Waals surface area contributed by atoms with Crippen molar-refractivity contribution in [2.45, 2.75) is 6.42 Å². The molecule has 0 aliphatic carbocycles. The predicted molar refractivity (Wildman–Crippen MR) is 107 cm³/mol. The first-order valence-corrected chi connectivity index (χ1v) is 9.46. The Morgan fingerprint density at radius 2 is 1.87 bits per heavy atom. The maximum atomic E-state index is 13.2. The maximum absolute atomic E-state index is 13.2. The van der Waals surface area contributed by atoms with E-state index in [9.17, 15) is 19.3 Å². The SMILES string of the molecule is O=C(c1ccc(-n2cncn2)c([N+](=O)[O-])c1)N1CCCN(c2ccc(F)cc2)CC1. The molecular weight excluding hydrogens is 391 g/mol. The normalized spacial score (nSPS) is 14.4. The summed E-state index contributed by atoms with van der Waals surface area (Å²) in [5, 5.41) is 15.5. The lowest BCUT2D eigenvalue weighted by Gasteiger charge is -2.23. The molecule has 1 fully saturated rings. The van der Waals surface area contributed by atoms with E-state index >= 15 is 0 Å². The van der Waals surface area contributed by atoms with Gasteiger partial charge in [0.05, 0.1) is 4.92 Å². The van der Waals surface area contributed by atoms with Crippen molar-refractivity contribution >= 4 is 17.3 Å². The lowest BCUT2D eigenvalue weighted by Crippen LogP contribution is -2.35. The second-order valence-corrected chi connectivity index (χ2v) is 6.91. The van der Waals surface area contributed by atoms with E-state index in [1.807, 2.05) is 0 Å². The molecule has 0 unspecified atom stereocenters. The molecule has 1 saturated heterocycles. The summed E-state index contributed by atoms with van der Waals surface area (Å²) in [7, 11) is 0. The lowest BCUT2D eigenvalue weighted by atomic mass is 10.1. The van der Waals surface area contributed by atoms with Crippen molar-refractivity contribution in [3.63, 3.8) is 0 Å². The molecule has 0 radical (unpaired) electrons. The van der Waals surface area contributed by atoms with Crippen LogP contribution >= 0.6 is 0 Å². The molecule has 1 aromatic heterocycles. The van der Waals surface area contributed by atoms with E-state index in [1.165, 1.54) is 41.6 Å². The third-order valence-electron chi connectivity index (χ3n) is 5.06. The molecule has 154 valence electrons. The molecule has 0 N–H and O–H groups in total. The highest BCUT2D eigenvalue weighted by Crippen LogP contribution is 2.25. The molecule has 1 aliphatic heterocycles. The number of benzene rings is 2. The van der Waals surface area contributed by atoms with Crippen LogP contribution in [0.15, 0.2) is 55.1 Å². The van der Waals surface area contributed by atoms with Gasteiger partial charge in [0.15, 0.2) is 0 Å². The third-order valence-corrected chi connectivity index (χ3v) is 5.06. The molecule has 0 spiro atoms. The van der Waals surface area contributed by atoms with Crippen molar-refractivity contribution in [1.29, 1.82) is 0 Å². The molecule has 1 amide bonds. The van der Waals surface area contributed by atoms with Crippen LogP contribution in [0.3, 0.4) is 0 Å². The van der Waals surface area contributed by atoms with Crippen LogP contribution in [0.4, 0.5) is 15.8 Å². The summed E-state index contributed by atoms with van der Waals surface area (Å²) in [4.78, 5) is 31.6. The van der Waals surface area contributed by atoms with Gasteiger partial charge in [-0.05, 0) is 42.8 Å². The number of nitro groups is 1. The van der Waals surface area contributed by atoms with Crippen LogP contribution in [-0.4, -0.2) is 56.7 Å². The Morgan fingerprint density at radius 3 is 2.57 bits per heavy atom. The molecule has 0 atom stereocenters. The first-order valence-electron chi connectivity index (χ1n) is 9.46. The zero-order chi connectivity index (χ0) is 21.1. The van der Waals surface area contributed by atoms with Crippen LogP contribution in [0.1, 0.15) is 16.8 Å². The smallest absolute Gasteiger partial charge is 0.295 e. The highest BCUT2D eigenvalue weighted by molar-refractivity contribution is 5.95. The van der Waals surface area contributed by atoms with Crippen LogP contribution in [0.25, 0.3) is 5.69 Å². The molecule has 30 heavy (non-hydrogen) atoms. The minimum Gasteiger partial charge on any atom is -0.370 e. The molecule has 2 heterocycles. The Labute approximate surface area is 171 Å². The van der Waals surface area contributed by atoms with Gasteiger partial charge in [-0.3, -0.25) is 14.9 Å². The molecular formula is C20H19FN6O3. The third kappa shape index (κ3) is 3.97. The molecule has 4 rings (SSSR count). The van der Waals surface area contributed by atoms with Crippen molar-refractivity contribution in [2.75, 3.05) is 31.1 Å². The van der Waals surface area contributed by atoms with Gasteiger partial charge >= 0.3 is 0 Å². The van der Waals surface area contributed by atoms with Crippen LogP contribution in [0.2, 0.25) is 0 Å². The van der Waals surface area contributed by atoms with Crippen LogP contribution in [-0.2, 0) is 0 Å². The van der Waals surface area contributed by atoms with E-state index in [-0.39, 0.29) is 28.7 Å². The van der Waals surface area contributed by atoms with Crippen LogP contribution in [0, 0.1) is 15.9 Å². The minimum atomic E-state index is -0.535. The Balaban J connectivity index is 1.52.